The van der Waals surface area contributed by atoms with E-state index in [0.717, 1.165) is 12.1 Å². The maximum absolute atomic E-state index is 13.3. The van der Waals surface area contributed by atoms with Crippen molar-refractivity contribution in [3.05, 3.63) is 57.5 Å². The van der Waals surface area contributed by atoms with Crippen LogP contribution in [0.1, 0.15) is 16.0 Å². The summed E-state index contributed by atoms with van der Waals surface area (Å²) in [5.74, 6) is -0.486. The van der Waals surface area contributed by atoms with Gasteiger partial charge in [-0.25, -0.2) is 4.39 Å². The van der Waals surface area contributed by atoms with Crippen LogP contribution in [0.25, 0.3) is 0 Å². The fourth-order valence-electron chi connectivity index (χ4n) is 1.99. The summed E-state index contributed by atoms with van der Waals surface area (Å²) in [6, 6.07) is 8.39. The highest BCUT2D eigenvalue weighted by molar-refractivity contribution is 7.09. The molecule has 0 saturated carbocycles. The molecule has 0 bridgehead atoms. The number of nitrogens with two attached hydrogens (primary N) is 1. The SMILES string of the molecule is CN(Cc1cccs1)Cc1ccc(F)cc1C(N)=NO. The van der Waals surface area contributed by atoms with Crippen LogP contribution in [-0.2, 0) is 13.1 Å². The number of hydrogen-bond acceptors (Lipinski definition) is 4. The molecular formula is C14H16FN3OS. The molecular weight excluding hydrogens is 277 g/mol. The lowest BCUT2D eigenvalue weighted by Crippen LogP contribution is -2.21. The van der Waals surface area contributed by atoms with Crippen molar-refractivity contribution in [2.75, 3.05) is 7.05 Å². The Kier molecular flexibility index (Phi) is 4.70. The van der Waals surface area contributed by atoms with Gasteiger partial charge in [0.15, 0.2) is 5.84 Å². The van der Waals surface area contributed by atoms with Crippen LogP contribution in [0.5, 0.6) is 0 Å². The Balaban J connectivity index is 2.16. The minimum absolute atomic E-state index is 0.0796. The van der Waals surface area contributed by atoms with Gasteiger partial charge in [-0.1, -0.05) is 17.3 Å². The third-order valence-electron chi connectivity index (χ3n) is 2.90. The first kappa shape index (κ1) is 14.5. The Hall–Kier alpha value is -1.92. The second-order valence-electron chi connectivity index (χ2n) is 4.54. The van der Waals surface area contributed by atoms with E-state index in [9.17, 15) is 4.39 Å². The molecule has 0 unspecified atom stereocenters. The normalized spacial score (nSPS) is 12.1. The van der Waals surface area contributed by atoms with Crippen LogP contribution >= 0.6 is 11.3 Å². The topological polar surface area (TPSA) is 61.8 Å². The highest BCUT2D eigenvalue weighted by Gasteiger charge is 2.11. The maximum atomic E-state index is 13.3. The third kappa shape index (κ3) is 3.55. The van der Waals surface area contributed by atoms with Gasteiger partial charge in [-0.3, -0.25) is 4.90 Å². The second kappa shape index (κ2) is 6.49. The van der Waals surface area contributed by atoms with E-state index in [1.54, 1.807) is 17.4 Å². The first-order valence-corrected chi connectivity index (χ1v) is 6.95. The zero-order valence-corrected chi connectivity index (χ0v) is 11.9. The average molecular weight is 293 g/mol. The molecule has 1 heterocycles. The Labute approximate surface area is 120 Å². The van der Waals surface area contributed by atoms with Gasteiger partial charge in [0.1, 0.15) is 5.82 Å². The number of benzene rings is 1. The summed E-state index contributed by atoms with van der Waals surface area (Å²) in [5.41, 5.74) is 6.83. The fourth-order valence-corrected chi connectivity index (χ4v) is 2.78. The lowest BCUT2D eigenvalue weighted by Gasteiger charge is -2.18. The van der Waals surface area contributed by atoms with Crippen molar-refractivity contribution in [3.63, 3.8) is 0 Å². The average Bonchev–Trinajstić information content (AvgIpc) is 2.92. The second-order valence-corrected chi connectivity index (χ2v) is 5.57. The molecule has 1 aromatic heterocycles. The van der Waals surface area contributed by atoms with Gasteiger partial charge in [0.25, 0.3) is 0 Å². The van der Waals surface area contributed by atoms with Crippen LogP contribution in [0.15, 0.2) is 40.9 Å². The van der Waals surface area contributed by atoms with Crippen molar-refractivity contribution < 1.29 is 9.60 Å². The van der Waals surface area contributed by atoms with Gasteiger partial charge in [-0.2, -0.15) is 0 Å². The van der Waals surface area contributed by atoms with Crippen molar-refractivity contribution in [2.24, 2.45) is 10.9 Å². The predicted molar refractivity (Wildman–Crippen MR) is 78.4 cm³/mol. The molecule has 0 radical (unpaired) electrons. The van der Waals surface area contributed by atoms with E-state index in [0.29, 0.717) is 12.1 Å². The molecule has 1 aromatic carbocycles. The Morgan fingerprint density at radius 1 is 1.40 bits per heavy atom. The Bertz CT molecular complexity index is 598. The number of amidine groups is 1. The quantitative estimate of drug-likeness (QED) is 0.385. The highest BCUT2D eigenvalue weighted by Crippen LogP contribution is 2.16. The number of halogens is 1. The van der Waals surface area contributed by atoms with Crippen LogP contribution in [-0.4, -0.2) is 23.0 Å². The van der Waals surface area contributed by atoms with Crippen LogP contribution in [0, 0.1) is 5.82 Å². The van der Waals surface area contributed by atoms with Crippen LogP contribution in [0.4, 0.5) is 4.39 Å². The molecule has 4 nitrogen and oxygen atoms in total. The molecule has 0 aliphatic carbocycles. The van der Waals surface area contributed by atoms with Gasteiger partial charge in [-0.05, 0) is 36.2 Å². The van der Waals surface area contributed by atoms with E-state index in [1.807, 2.05) is 18.5 Å². The molecule has 0 amide bonds. The summed E-state index contributed by atoms with van der Waals surface area (Å²) >= 11 is 1.69. The van der Waals surface area contributed by atoms with Crippen molar-refractivity contribution in [1.29, 1.82) is 0 Å². The van der Waals surface area contributed by atoms with Gasteiger partial charge in [-0.15, -0.1) is 11.3 Å². The minimum atomic E-state index is -0.406. The van der Waals surface area contributed by atoms with Crippen molar-refractivity contribution in [2.45, 2.75) is 13.1 Å². The summed E-state index contributed by atoms with van der Waals surface area (Å²) in [5, 5.41) is 13.8. The molecule has 2 aromatic rings. The number of rotatable bonds is 5. The van der Waals surface area contributed by atoms with Crippen LogP contribution in [0.3, 0.4) is 0 Å². The number of nitrogens with zero attached hydrogens (tertiary/aromatic N) is 2. The molecule has 0 spiro atoms. The highest BCUT2D eigenvalue weighted by atomic mass is 32.1. The largest absolute Gasteiger partial charge is 0.409 e. The first-order valence-electron chi connectivity index (χ1n) is 6.07. The Morgan fingerprint density at radius 3 is 2.85 bits per heavy atom. The predicted octanol–water partition coefficient (Wildman–Crippen LogP) is 2.61. The molecule has 106 valence electrons. The summed E-state index contributed by atoms with van der Waals surface area (Å²) in [6.07, 6.45) is 0. The van der Waals surface area contributed by atoms with Gasteiger partial charge < -0.3 is 10.9 Å². The smallest absolute Gasteiger partial charge is 0.170 e. The van der Waals surface area contributed by atoms with E-state index < -0.39 is 5.82 Å². The van der Waals surface area contributed by atoms with Gasteiger partial charge in [0.05, 0.1) is 0 Å². The fraction of sp³-hybridized carbons (Fsp3) is 0.214. The van der Waals surface area contributed by atoms with E-state index in [1.165, 1.54) is 17.0 Å². The molecule has 0 fully saturated rings. The first-order chi connectivity index (χ1) is 9.60. The standard InChI is InChI=1S/C14H16FN3OS/c1-18(9-12-3-2-6-20-12)8-10-4-5-11(15)7-13(10)14(16)17-19/h2-7,19H,8-9H2,1H3,(H2,16,17). The van der Waals surface area contributed by atoms with Crippen LogP contribution in [0.2, 0.25) is 0 Å². The molecule has 20 heavy (non-hydrogen) atoms. The number of thiophene rings is 1. The Morgan fingerprint density at radius 2 is 2.20 bits per heavy atom. The number of oxime groups is 1. The molecule has 2 rings (SSSR count). The van der Waals surface area contributed by atoms with E-state index in [-0.39, 0.29) is 5.84 Å². The van der Waals surface area contributed by atoms with Gasteiger partial charge in [0, 0.05) is 23.5 Å². The molecule has 3 N–H and O–H groups in total. The zero-order valence-electron chi connectivity index (χ0n) is 11.1. The van der Waals surface area contributed by atoms with Crippen molar-refractivity contribution >= 4 is 17.2 Å². The molecule has 6 heteroatoms. The molecule has 0 saturated heterocycles. The monoisotopic (exact) mass is 293 g/mol. The van der Waals surface area contributed by atoms with Crippen molar-refractivity contribution in [3.8, 4) is 0 Å². The summed E-state index contributed by atoms with van der Waals surface area (Å²) < 4.78 is 13.3. The van der Waals surface area contributed by atoms with Crippen LogP contribution < -0.4 is 5.73 Å². The maximum Gasteiger partial charge on any atom is 0.170 e. The van der Waals surface area contributed by atoms with Gasteiger partial charge in [0.2, 0.25) is 0 Å². The molecule has 0 aliphatic heterocycles. The summed E-state index contributed by atoms with van der Waals surface area (Å²) in [6.45, 7) is 1.38. The number of hydrogen-bond donors (Lipinski definition) is 2. The lowest BCUT2D eigenvalue weighted by atomic mass is 10.1. The summed E-state index contributed by atoms with van der Waals surface area (Å²) in [4.78, 5) is 3.34. The van der Waals surface area contributed by atoms with E-state index in [2.05, 4.69) is 16.1 Å². The lowest BCUT2D eigenvalue weighted by molar-refractivity contribution is 0.316. The van der Waals surface area contributed by atoms with E-state index >= 15 is 0 Å². The van der Waals surface area contributed by atoms with Gasteiger partial charge >= 0.3 is 0 Å². The third-order valence-corrected chi connectivity index (χ3v) is 3.76. The van der Waals surface area contributed by atoms with Crippen molar-refractivity contribution in [1.82, 2.24) is 4.90 Å². The summed E-state index contributed by atoms with van der Waals surface area (Å²) in [7, 11) is 1.97. The minimum Gasteiger partial charge on any atom is -0.409 e. The molecule has 0 atom stereocenters. The van der Waals surface area contributed by atoms with E-state index in [4.69, 9.17) is 10.9 Å². The zero-order chi connectivity index (χ0) is 14.5. The molecule has 0 aliphatic rings.